The molecule has 0 radical (unpaired) electrons. The van der Waals surface area contributed by atoms with Crippen molar-refractivity contribution >= 4 is 17.1 Å². The van der Waals surface area contributed by atoms with Crippen molar-refractivity contribution in [3.05, 3.63) is 24.3 Å². The van der Waals surface area contributed by atoms with Gasteiger partial charge in [-0.3, -0.25) is 0 Å². The smallest absolute Gasteiger partial charge is 0.392 e. The molecule has 1 rings (SSSR count). The van der Waals surface area contributed by atoms with Gasteiger partial charge in [0, 0.05) is 13.2 Å². The predicted molar refractivity (Wildman–Crippen MR) is 85.9 cm³/mol. The SMILES string of the molecule is CCO[Si](C)(C)Oc1ccccc1O[Si](C)(C)OCC. The fourth-order valence-corrected chi connectivity index (χ4v) is 4.81. The van der Waals surface area contributed by atoms with Crippen LogP contribution in [0.5, 0.6) is 11.5 Å². The molecule has 0 aliphatic carbocycles. The summed E-state index contributed by atoms with van der Waals surface area (Å²) in [6.07, 6.45) is 0. The summed E-state index contributed by atoms with van der Waals surface area (Å²) in [5.74, 6) is 1.47. The highest BCUT2D eigenvalue weighted by Gasteiger charge is 2.30. The van der Waals surface area contributed by atoms with Crippen molar-refractivity contribution in [1.29, 1.82) is 0 Å². The standard InChI is InChI=1S/C14H26O4Si2/c1-7-15-19(3,4)17-13-11-9-10-12-14(13)18-20(5,6)16-8-2/h9-12H,7-8H2,1-6H3. The van der Waals surface area contributed by atoms with E-state index in [2.05, 4.69) is 0 Å². The quantitative estimate of drug-likeness (QED) is 0.682. The van der Waals surface area contributed by atoms with Gasteiger partial charge >= 0.3 is 17.1 Å². The Labute approximate surface area is 124 Å². The van der Waals surface area contributed by atoms with Crippen molar-refractivity contribution in [2.24, 2.45) is 0 Å². The minimum atomic E-state index is -2.17. The maximum absolute atomic E-state index is 6.06. The molecule has 0 bridgehead atoms. The van der Waals surface area contributed by atoms with Gasteiger partial charge in [-0.2, -0.15) is 0 Å². The summed E-state index contributed by atoms with van der Waals surface area (Å²) in [6.45, 7) is 13.4. The molecule has 0 unspecified atom stereocenters. The van der Waals surface area contributed by atoms with E-state index >= 15 is 0 Å². The molecule has 0 amide bonds. The van der Waals surface area contributed by atoms with Gasteiger partial charge in [-0.1, -0.05) is 12.1 Å². The molecule has 0 spiro atoms. The second kappa shape index (κ2) is 7.26. The fourth-order valence-electron chi connectivity index (χ4n) is 1.90. The average Bonchev–Trinajstić information content (AvgIpc) is 2.30. The maximum Gasteiger partial charge on any atom is 0.392 e. The zero-order valence-electron chi connectivity index (χ0n) is 13.4. The van der Waals surface area contributed by atoms with Gasteiger partial charge < -0.3 is 17.7 Å². The summed E-state index contributed by atoms with van der Waals surface area (Å²) in [5.41, 5.74) is 0. The Bertz CT molecular complexity index is 382. The first-order valence-electron chi connectivity index (χ1n) is 7.04. The zero-order valence-corrected chi connectivity index (χ0v) is 15.4. The highest BCUT2D eigenvalue weighted by molar-refractivity contribution is 6.66. The lowest BCUT2D eigenvalue weighted by molar-refractivity contribution is 0.249. The van der Waals surface area contributed by atoms with E-state index in [-0.39, 0.29) is 0 Å². The number of benzene rings is 1. The van der Waals surface area contributed by atoms with Crippen molar-refractivity contribution in [1.82, 2.24) is 0 Å². The Kier molecular flexibility index (Phi) is 6.25. The predicted octanol–water partition coefficient (Wildman–Crippen LogP) is 3.92. The second-order valence-corrected chi connectivity index (χ2v) is 11.9. The van der Waals surface area contributed by atoms with Crippen LogP contribution in [0.3, 0.4) is 0 Å². The van der Waals surface area contributed by atoms with Crippen molar-refractivity contribution in [3.8, 4) is 11.5 Å². The van der Waals surface area contributed by atoms with Crippen LogP contribution in [0.1, 0.15) is 13.8 Å². The van der Waals surface area contributed by atoms with Gasteiger partial charge in [-0.25, -0.2) is 0 Å². The van der Waals surface area contributed by atoms with Gasteiger partial charge in [0.2, 0.25) is 0 Å². The van der Waals surface area contributed by atoms with E-state index in [1.54, 1.807) is 0 Å². The summed E-state index contributed by atoms with van der Waals surface area (Å²) in [7, 11) is -4.35. The van der Waals surface area contributed by atoms with Gasteiger partial charge in [-0.15, -0.1) is 0 Å². The summed E-state index contributed by atoms with van der Waals surface area (Å²) in [4.78, 5) is 0. The number of para-hydroxylation sites is 2. The summed E-state index contributed by atoms with van der Waals surface area (Å²) in [6, 6.07) is 7.71. The van der Waals surface area contributed by atoms with Crippen LogP contribution in [-0.2, 0) is 8.85 Å². The molecule has 6 heteroatoms. The molecule has 20 heavy (non-hydrogen) atoms. The Balaban J connectivity index is 2.88. The molecule has 114 valence electrons. The van der Waals surface area contributed by atoms with E-state index in [0.717, 1.165) is 11.5 Å². The first-order valence-corrected chi connectivity index (χ1v) is 12.7. The minimum absolute atomic E-state index is 0.654. The molecule has 0 atom stereocenters. The third kappa shape index (κ3) is 5.66. The van der Waals surface area contributed by atoms with E-state index in [4.69, 9.17) is 17.7 Å². The molecule has 1 aromatic carbocycles. The van der Waals surface area contributed by atoms with Crippen LogP contribution in [0.15, 0.2) is 24.3 Å². The van der Waals surface area contributed by atoms with Crippen LogP contribution in [-0.4, -0.2) is 30.3 Å². The molecular formula is C14H26O4Si2. The normalized spacial score (nSPS) is 12.3. The van der Waals surface area contributed by atoms with Crippen LogP contribution in [0.25, 0.3) is 0 Å². The number of hydrogen-bond acceptors (Lipinski definition) is 4. The summed E-state index contributed by atoms with van der Waals surface area (Å²) < 4.78 is 23.5. The van der Waals surface area contributed by atoms with Crippen molar-refractivity contribution in [2.75, 3.05) is 13.2 Å². The van der Waals surface area contributed by atoms with Crippen LogP contribution in [0, 0.1) is 0 Å². The monoisotopic (exact) mass is 314 g/mol. The second-order valence-electron chi connectivity index (χ2n) is 5.32. The molecule has 0 aliphatic heterocycles. The van der Waals surface area contributed by atoms with E-state index in [1.807, 2.05) is 64.3 Å². The lowest BCUT2D eigenvalue weighted by atomic mass is 10.3. The van der Waals surface area contributed by atoms with E-state index in [0.29, 0.717) is 13.2 Å². The molecule has 0 aromatic heterocycles. The van der Waals surface area contributed by atoms with E-state index < -0.39 is 17.1 Å². The van der Waals surface area contributed by atoms with Gasteiger partial charge in [0.1, 0.15) is 11.5 Å². The molecular weight excluding hydrogens is 288 g/mol. The van der Waals surface area contributed by atoms with Crippen LogP contribution in [0.2, 0.25) is 26.2 Å². The van der Waals surface area contributed by atoms with E-state index in [9.17, 15) is 0 Å². The molecule has 0 saturated carbocycles. The van der Waals surface area contributed by atoms with Gasteiger partial charge in [0.25, 0.3) is 0 Å². The fraction of sp³-hybridized carbons (Fsp3) is 0.571. The first kappa shape index (κ1) is 17.2. The van der Waals surface area contributed by atoms with Gasteiger partial charge in [-0.05, 0) is 52.2 Å². The van der Waals surface area contributed by atoms with Crippen LogP contribution < -0.4 is 8.85 Å². The first-order chi connectivity index (χ1) is 9.29. The molecule has 0 aliphatic rings. The Morgan fingerprint density at radius 3 is 1.40 bits per heavy atom. The molecule has 0 heterocycles. The third-order valence-electron chi connectivity index (χ3n) is 2.54. The highest BCUT2D eigenvalue weighted by Crippen LogP contribution is 2.31. The largest absolute Gasteiger partial charge is 0.518 e. The minimum Gasteiger partial charge on any atom is -0.518 e. The molecule has 4 nitrogen and oxygen atoms in total. The maximum atomic E-state index is 6.06. The number of rotatable bonds is 8. The topological polar surface area (TPSA) is 36.9 Å². The van der Waals surface area contributed by atoms with Crippen LogP contribution >= 0.6 is 0 Å². The third-order valence-corrected chi connectivity index (χ3v) is 5.94. The van der Waals surface area contributed by atoms with Crippen molar-refractivity contribution in [2.45, 2.75) is 40.0 Å². The van der Waals surface area contributed by atoms with Gasteiger partial charge in [0.05, 0.1) is 0 Å². The average molecular weight is 315 g/mol. The summed E-state index contributed by atoms with van der Waals surface area (Å²) >= 11 is 0. The Morgan fingerprint density at radius 1 is 0.750 bits per heavy atom. The Morgan fingerprint density at radius 2 is 1.10 bits per heavy atom. The molecule has 0 N–H and O–H groups in total. The molecule has 0 fully saturated rings. The Hall–Kier alpha value is -0.826. The van der Waals surface area contributed by atoms with E-state index in [1.165, 1.54) is 0 Å². The number of hydrogen-bond donors (Lipinski definition) is 0. The van der Waals surface area contributed by atoms with Crippen molar-refractivity contribution < 1.29 is 17.7 Å². The van der Waals surface area contributed by atoms with Gasteiger partial charge in [0.15, 0.2) is 0 Å². The summed E-state index contributed by atoms with van der Waals surface area (Å²) in [5, 5.41) is 0. The lowest BCUT2D eigenvalue weighted by Crippen LogP contribution is -2.40. The van der Waals surface area contributed by atoms with Crippen molar-refractivity contribution in [3.63, 3.8) is 0 Å². The van der Waals surface area contributed by atoms with Crippen LogP contribution in [0.4, 0.5) is 0 Å². The highest BCUT2D eigenvalue weighted by atomic mass is 28.4. The zero-order chi connectivity index (χ0) is 15.2. The molecule has 0 saturated heterocycles. The molecule has 1 aromatic rings. The lowest BCUT2D eigenvalue weighted by Gasteiger charge is -2.28.